The minimum absolute atomic E-state index is 0.897. The summed E-state index contributed by atoms with van der Waals surface area (Å²) < 4.78 is 6.28. The first-order valence-electron chi connectivity index (χ1n) is 21.2. The van der Waals surface area contributed by atoms with Crippen molar-refractivity contribution in [3.8, 4) is 44.5 Å². The smallest absolute Gasteiger partial charge is 0.136 e. The minimum atomic E-state index is 0.897. The predicted molar refractivity (Wildman–Crippen MR) is 263 cm³/mol. The number of rotatable bonds is 7. The van der Waals surface area contributed by atoms with Crippen LogP contribution >= 0.6 is 0 Å². The van der Waals surface area contributed by atoms with Gasteiger partial charge in [-0.1, -0.05) is 188 Å². The third-order valence-electron chi connectivity index (χ3n) is 12.5. The zero-order valence-electron chi connectivity index (χ0n) is 33.9. The number of anilines is 3. The highest BCUT2D eigenvalue weighted by Crippen LogP contribution is 2.44. The molecule has 2 nitrogen and oxygen atoms in total. The maximum Gasteiger partial charge on any atom is 0.136 e. The van der Waals surface area contributed by atoms with Gasteiger partial charge in [0, 0.05) is 27.7 Å². The molecule has 12 rings (SSSR count). The number of hydrogen-bond acceptors (Lipinski definition) is 2. The summed E-state index contributed by atoms with van der Waals surface area (Å²) in [5.74, 6) is 0. The van der Waals surface area contributed by atoms with Gasteiger partial charge < -0.3 is 9.32 Å². The van der Waals surface area contributed by atoms with Crippen LogP contribution in [-0.4, -0.2) is 0 Å². The van der Waals surface area contributed by atoms with E-state index in [0.29, 0.717) is 0 Å². The van der Waals surface area contributed by atoms with E-state index in [1.54, 1.807) is 0 Å². The highest BCUT2D eigenvalue weighted by molar-refractivity contribution is 6.12. The molecule has 0 atom stereocenters. The Morgan fingerprint density at radius 1 is 0.274 bits per heavy atom. The van der Waals surface area contributed by atoms with E-state index in [4.69, 9.17) is 4.42 Å². The van der Waals surface area contributed by atoms with Gasteiger partial charge in [0.15, 0.2) is 0 Å². The summed E-state index contributed by atoms with van der Waals surface area (Å²) >= 11 is 0. The van der Waals surface area contributed by atoms with Crippen LogP contribution in [0.5, 0.6) is 0 Å². The summed E-state index contributed by atoms with van der Waals surface area (Å²) in [6.07, 6.45) is 0. The lowest BCUT2D eigenvalue weighted by Crippen LogP contribution is -2.11. The second-order valence-electron chi connectivity index (χ2n) is 16.1. The maximum atomic E-state index is 6.28. The molecule has 1 heterocycles. The monoisotopic (exact) mass is 789 g/mol. The van der Waals surface area contributed by atoms with Crippen molar-refractivity contribution in [2.45, 2.75) is 0 Å². The molecule has 290 valence electrons. The molecule has 0 amide bonds. The van der Waals surface area contributed by atoms with Crippen molar-refractivity contribution in [3.05, 3.63) is 237 Å². The van der Waals surface area contributed by atoms with Gasteiger partial charge in [-0.25, -0.2) is 0 Å². The molecule has 0 aliphatic heterocycles. The molecule has 0 N–H and O–H groups in total. The summed E-state index contributed by atoms with van der Waals surface area (Å²) in [4.78, 5) is 2.41. The molecular weight excluding hydrogens is 751 g/mol. The van der Waals surface area contributed by atoms with Crippen LogP contribution in [0.15, 0.2) is 241 Å². The minimum Gasteiger partial charge on any atom is -0.456 e. The Morgan fingerprint density at radius 3 is 1.66 bits per heavy atom. The van der Waals surface area contributed by atoms with Gasteiger partial charge in [-0.3, -0.25) is 0 Å². The highest BCUT2D eigenvalue weighted by Gasteiger charge is 2.19. The van der Waals surface area contributed by atoms with Crippen molar-refractivity contribution in [3.63, 3.8) is 0 Å². The van der Waals surface area contributed by atoms with Crippen molar-refractivity contribution in [2.24, 2.45) is 0 Å². The Balaban J connectivity index is 0.987. The highest BCUT2D eigenvalue weighted by atomic mass is 16.3. The molecule has 0 saturated heterocycles. The second-order valence-corrected chi connectivity index (χ2v) is 16.1. The van der Waals surface area contributed by atoms with Gasteiger partial charge in [-0.15, -0.1) is 0 Å². The number of furan rings is 1. The van der Waals surface area contributed by atoms with E-state index >= 15 is 0 Å². The van der Waals surface area contributed by atoms with Crippen LogP contribution in [-0.2, 0) is 0 Å². The Bertz CT molecular complexity index is 3630. The average molecular weight is 790 g/mol. The standard InChI is InChI=1S/C60H39NO/c1-3-17-50-40(12-1)14-10-21-52(50)42-26-28-43(29-27-42)54-19-5-7-23-57(54)61(48-35-32-44(33-36-48)55-22-11-25-59-60(55)56-20-6-8-24-58(56)62-59)49-16-9-15-45(39-49)46-34-37-53-47(38-46)31-30-41-13-2-4-18-51(41)53/h1-39H. The normalized spacial score (nSPS) is 11.5. The molecule has 11 aromatic carbocycles. The van der Waals surface area contributed by atoms with E-state index < -0.39 is 0 Å². The quantitative estimate of drug-likeness (QED) is 0.150. The zero-order valence-corrected chi connectivity index (χ0v) is 33.9. The zero-order chi connectivity index (χ0) is 41.0. The van der Waals surface area contributed by atoms with Crippen LogP contribution in [0.1, 0.15) is 0 Å². The summed E-state index contributed by atoms with van der Waals surface area (Å²) in [6, 6.07) is 85.6. The van der Waals surface area contributed by atoms with Crippen LogP contribution in [0, 0.1) is 0 Å². The lowest BCUT2D eigenvalue weighted by Gasteiger charge is -2.28. The van der Waals surface area contributed by atoms with E-state index in [1.165, 1.54) is 49.0 Å². The number of nitrogens with zero attached hydrogens (tertiary/aromatic N) is 1. The van der Waals surface area contributed by atoms with Gasteiger partial charge in [0.2, 0.25) is 0 Å². The number of para-hydroxylation sites is 2. The van der Waals surface area contributed by atoms with Crippen molar-refractivity contribution in [2.75, 3.05) is 4.90 Å². The Hall–Kier alpha value is -8.20. The summed E-state index contributed by atoms with van der Waals surface area (Å²) in [6.45, 7) is 0. The molecule has 0 aliphatic rings. The summed E-state index contributed by atoms with van der Waals surface area (Å²) in [5, 5.41) is 9.81. The van der Waals surface area contributed by atoms with Gasteiger partial charge >= 0.3 is 0 Å². The van der Waals surface area contributed by atoms with Gasteiger partial charge in [-0.05, 0) is 120 Å². The number of benzene rings is 11. The number of fused-ring (bicyclic) bond motifs is 7. The Kier molecular flexibility index (Phi) is 8.53. The third kappa shape index (κ3) is 6.12. The van der Waals surface area contributed by atoms with Crippen LogP contribution in [0.3, 0.4) is 0 Å². The molecule has 1 aromatic heterocycles. The van der Waals surface area contributed by atoms with E-state index in [1.807, 2.05) is 12.1 Å². The lowest BCUT2D eigenvalue weighted by atomic mass is 9.95. The van der Waals surface area contributed by atoms with Gasteiger partial charge in [0.25, 0.3) is 0 Å². The van der Waals surface area contributed by atoms with E-state index in [-0.39, 0.29) is 0 Å². The van der Waals surface area contributed by atoms with Crippen LogP contribution in [0.2, 0.25) is 0 Å². The summed E-state index contributed by atoms with van der Waals surface area (Å²) in [7, 11) is 0. The Morgan fingerprint density at radius 2 is 0.806 bits per heavy atom. The molecule has 12 aromatic rings. The van der Waals surface area contributed by atoms with Gasteiger partial charge in [-0.2, -0.15) is 0 Å². The van der Waals surface area contributed by atoms with Gasteiger partial charge in [0.1, 0.15) is 11.2 Å². The van der Waals surface area contributed by atoms with E-state index in [0.717, 1.165) is 66.8 Å². The fraction of sp³-hybridized carbons (Fsp3) is 0. The van der Waals surface area contributed by atoms with Crippen molar-refractivity contribution in [1.82, 2.24) is 0 Å². The van der Waals surface area contributed by atoms with E-state index in [2.05, 4.69) is 229 Å². The third-order valence-corrected chi connectivity index (χ3v) is 12.5. The molecule has 0 aliphatic carbocycles. The van der Waals surface area contributed by atoms with Crippen molar-refractivity contribution >= 4 is 71.3 Å². The molecule has 0 spiro atoms. The predicted octanol–water partition coefficient (Wildman–Crippen LogP) is 17.2. The maximum absolute atomic E-state index is 6.28. The van der Waals surface area contributed by atoms with Crippen molar-refractivity contribution in [1.29, 1.82) is 0 Å². The van der Waals surface area contributed by atoms with Crippen molar-refractivity contribution < 1.29 is 4.42 Å². The van der Waals surface area contributed by atoms with Gasteiger partial charge in [0.05, 0.1) is 5.69 Å². The fourth-order valence-electron chi connectivity index (χ4n) is 9.47. The molecule has 2 heteroatoms. The molecule has 62 heavy (non-hydrogen) atoms. The second kappa shape index (κ2) is 14.8. The Labute approximate surface area is 360 Å². The van der Waals surface area contributed by atoms with Crippen LogP contribution < -0.4 is 4.90 Å². The average Bonchev–Trinajstić information content (AvgIpc) is 3.73. The largest absolute Gasteiger partial charge is 0.456 e. The molecule has 0 unspecified atom stereocenters. The molecule has 0 saturated carbocycles. The van der Waals surface area contributed by atoms with Crippen LogP contribution in [0.4, 0.5) is 17.1 Å². The molecule has 0 radical (unpaired) electrons. The first-order valence-corrected chi connectivity index (χ1v) is 21.2. The first-order chi connectivity index (χ1) is 30.7. The lowest BCUT2D eigenvalue weighted by molar-refractivity contribution is 0.669. The molecular formula is C60H39NO. The van der Waals surface area contributed by atoms with E-state index in [9.17, 15) is 0 Å². The topological polar surface area (TPSA) is 16.4 Å². The molecule has 0 fully saturated rings. The first kappa shape index (κ1) is 35.7. The summed E-state index contributed by atoms with van der Waals surface area (Å²) in [5.41, 5.74) is 14.4. The van der Waals surface area contributed by atoms with Crippen LogP contribution in [0.25, 0.3) is 98.8 Å². The fourth-order valence-corrected chi connectivity index (χ4v) is 9.47. The SMILES string of the molecule is c1cc(-c2ccc3c(ccc4ccccc43)c2)cc(N(c2ccc(-c3cccc4oc5ccccc5c34)cc2)c2ccccc2-c2ccc(-c3cccc4ccccc34)cc2)c1. The number of hydrogen-bond donors (Lipinski definition) is 0. The molecule has 0 bridgehead atoms.